The highest BCUT2D eigenvalue weighted by molar-refractivity contribution is 7.98. The van der Waals surface area contributed by atoms with E-state index in [-0.39, 0.29) is 11.8 Å². The van der Waals surface area contributed by atoms with E-state index in [4.69, 9.17) is 0 Å². The van der Waals surface area contributed by atoms with Gasteiger partial charge in [-0.05, 0) is 55.3 Å². The first kappa shape index (κ1) is 16.0. The second-order valence-corrected chi connectivity index (χ2v) is 6.76. The molecular formula is C18H21N3OS. The lowest BCUT2D eigenvalue weighted by Gasteiger charge is -2.21. The molecule has 0 spiro atoms. The molecule has 1 aromatic heterocycles. The number of nitrogens with zero attached hydrogens (tertiary/aromatic N) is 1. The van der Waals surface area contributed by atoms with E-state index in [2.05, 4.69) is 33.8 Å². The Morgan fingerprint density at radius 1 is 1.30 bits per heavy atom. The van der Waals surface area contributed by atoms with Gasteiger partial charge in [-0.1, -0.05) is 6.07 Å². The van der Waals surface area contributed by atoms with Gasteiger partial charge in [0.25, 0.3) is 0 Å². The minimum absolute atomic E-state index is 0.0865. The van der Waals surface area contributed by atoms with Crippen molar-refractivity contribution in [2.75, 3.05) is 18.4 Å². The largest absolute Gasteiger partial charge is 0.326 e. The van der Waals surface area contributed by atoms with Gasteiger partial charge in [0.05, 0.1) is 5.92 Å². The van der Waals surface area contributed by atoms with E-state index in [9.17, 15) is 4.79 Å². The Morgan fingerprint density at radius 3 is 2.87 bits per heavy atom. The fourth-order valence-electron chi connectivity index (χ4n) is 2.60. The number of carbonyl (C=O) groups is 1. The predicted molar refractivity (Wildman–Crippen MR) is 94.5 cm³/mol. The number of piperidine rings is 1. The summed E-state index contributed by atoms with van der Waals surface area (Å²) in [7, 11) is 0. The minimum atomic E-state index is 0.0865. The average molecular weight is 327 g/mol. The number of pyridine rings is 1. The van der Waals surface area contributed by atoms with Crippen LogP contribution in [0.25, 0.3) is 0 Å². The molecule has 1 fully saturated rings. The van der Waals surface area contributed by atoms with Crippen LogP contribution in [0.5, 0.6) is 0 Å². The van der Waals surface area contributed by atoms with Crippen LogP contribution in [-0.2, 0) is 10.5 Å². The summed E-state index contributed by atoms with van der Waals surface area (Å²) in [6.45, 7) is 1.80. The van der Waals surface area contributed by atoms with Gasteiger partial charge in [0.2, 0.25) is 5.91 Å². The first-order chi connectivity index (χ1) is 11.3. The van der Waals surface area contributed by atoms with Gasteiger partial charge in [0.15, 0.2) is 0 Å². The maximum atomic E-state index is 12.2. The summed E-state index contributed by atoms with van der Waals surface area (Å²) < 4.78 is 0. The Labute approximate surface area is 141 Å². The van der Waals surface area contributed by atoms with Crippen molar-refractivity contribution in [3.63, 3.8) is 0 Å². The lowest BCUT2D eigenvalue weighted by Crippen LogP contribution is -2.37. The zero-order valence-electron chi connectivity index (χ0n) is 13.0. The summed E-state index contributed by atoms with van der Waals surface area (Å²) in [5.41, 5.74) is 2.07. The number of benzene rings is 1. The van der Waals surface area contributed by atoms with Crippen LogP contribution < -0.4 is 10.6 Å². The Hall–Kier alpha value is -1.85. The van der Waals surface area contributed by atoms with Gasteiger partial charge in [-0.15, -0.1) is 11.8 Å². The normalized spacial score (nSPS) is 17.7. The maximum Gasteiger partial charge on any atom is 0.228 e. The van der Waals surface area contributed by atoms with Gasteiger partial charge in [0, 0.05) is 35.3 Å². The van der Waals surface area contributed by atoms with Crippen LogP contribution in [0.1, 0.15) is 18.4 Å². The number of aromatic nitrogens is 1. The zero-order chi connectivity index (χ0) is 15.9. The number of thioether (sulfide) groups is 1. The maximum absolute atomic E-state index is 12.2. The monoisotopic (exact) mass is 327 g/mol. The second kappa shape index (κ2) is 8.13. The second-order valence-electron chi connectivity index (χ2n) is 5.71. The Kier molecular flexibility index (Phi) is 5.66. The van der Waals surface area contributed by atoms with Crippen LogP contribution in [0.3, 0.4) is 0 Å². The van der Waals surface area contributed by atoms with E-state index in [1.807, 2.05) is 24.4 Å². The molecule has 2 N–H and O–H groups in total. The molecule has 1 aromatic carbocycles. The van der Waals surface area contributed by atoms with Crippen LogP contribution in [0, 0.1) is 5.92 Å². The molecule has 3 rings (SSSR count). The van der Waals surface area contributed by atoms with E-state index < -0.39 is 0 Å². The minimum Gasteiger partial charge on any atom is -0.326 e. The number of hydrogen-bond donors (Lipinski definition) is 2. The van der Waals surface area contributed by atoms with E-state index >= 15 is 0 Å². The molecule has 1 amide bonds. The molecule has 2 heterocycles. The molecule has 1 saturated heterocycles. The van der Waals surface area contributed by atoms with Crippen molar-refractivity contribution in [1.29, 1.82) is 0 Å². The smallest absolute Gasteiger partial charge is 0.228 e. The summed E-state index contributed by atoms with van der Waals surface area (Å²) in [6, 6.07) is 12.1. The molecule has 2 aromatic rings. The van der Waals surface area contributed by atoms with Crippen LogP contribution in [-0.4, -0.2) is 24.0 Å². The Bertz CT molecular complexity index is 624. The van der Waals surface area contributed by atoms with Crippen molar-refractivity contribution < 1.29 is 4.79 Å². The summed E-state index contributed by atoms with van der Waals surface area (Å²) in [5, 5.41) is 6.29. The van der Waals surface area contributed by atoms with Crippen LogP contribution in [0.2, 0.25) is 0 Å². The number of hydrogen-bond acceptors (Lipinski definition) is 4. The van der Waals surface area contributed by atoms with Crippen LogP contribution in [0.4, 0.5) is 5.69 Å². The lowest BCUT2D eigenvalue weighted by atomic mass is 9.99. The summed E-state index contributed by atoms with van der Waals surface area (Å²) in [4.78, 5) is 17.5. The van der Waals surface area contributed by atoms with Crippen LogP contribution in [0.15, 0.2) is 53.7 Å². The topological polar surface area (TPSA) is 54.0 Å². The van der Waals surface area contributed by atoms with Gasteiger partial charge in [-0.25, -0.2) is 0 Å². The Balaban J connectivity index is 1.51. The van der Waals surface area contributed by atoms with Gasteiger partial charge >= 0.3 is 0 Å². The Morgan fingerprint density at radius 2 is 2.17 bits per heavy atom. The number of rotatable bonds is 5. The quantitative estimate of drug-likeness (QED) is 0.827. The zero-order valence-corrected chi connectivity index (χ0v) is 13.8. The van der Waals surface area contributed by atoms with E-state index in [0.717, 1.165) is 37.4 Å². The fraction of sp³-hybridized carbons (Fsp3) is 0.333. The molecule has 1 aliphatic rings. The molecule has 23 heavy (non-hydrogen) atoms. The van der Waals surface area contributed by atoms with E-state index in [1.54, 1.807) is 18.0 Å². The van der Waals surface area contributed by atoms with Gasteiger partial charge in [0.1, 0.15) is 0 Å². The van der Waals surface area contributed by atoms with Crippen molar-refractivity contribution in [1.82, 2.24) is 10.3 Å². The van der Waals surface area contributed by atoms with E-state index in [1.165, 1.54) is 10.5 Å². The van der Waals surface area contributed by atoms with E-state index in [0.29, 0.717) is 0 Å². The number of anilines is 1. The van der Waals surface area contributed by atoms with Gasteiger partial charge in [-0.3, -0.25) is 9.78 Å². The highest BCUT2D eigenvalue weighted by Gasteiger charge is 2.20. The highest BCUT2D eigenvalue weighted by Crippen LogP contribution is 2.24. The third-order valence-electron chi connectivity index (χ3n) is 3.92. The van der Waals surface area contributed by atoms with Gasteiger partial charge < -0.3 is 10.6 Å². The molecule has 4 nitrogen and oxygen atoms in total. The standard InChI is InChI=1S/C18H21N3OS/c22-18(15-4-2-10-20-12-15)21-16-5-7-17(8-6-16)23-13-14-3-1-9-19-11-14/h1,3,5-9,11,15,20H,2,4,10,12-13H2,(H,21,22)/t15-/m1/s1. The van der Waals surface area contributed by atoms with Crippen molar-refractivity contribution >= 4 is 23.4 Å². The summed E-state index contributed by atoms with van der Waals surface area (Å²) in [5.74, 6) is 1.10. The predicted octanol–water partition coefficient (Wildman–Crippen LogP) is 3.31. The molecule has 0 aliphatic carbocycles. The molecule has 0 bridgehead atoms. The van der Waals surface area contributed by atoms with Gasteiger partial charge in [-0.2, -0.15) is 0 Å². The fourth-order valence-corrected chi connectivity index (χ4v) is 3.44. The molecule has 120 valence electrons. The number of amides is 1. The lowest BCUT2D eigenvalue weighted by molar-refractivity contribution is -0.120. The highest BCUT2D eigenvalue weighted by atomic mass is 32.2. The first-order valence-electron chi connectivity index (χ1n) is 7.94. The summed E-state index contributed by atoms with van der Waals surface area (Å²) in [6.07, 6.45) is 5.72. The molecule has 1 aliphatic heterocycles. The van der Waals surface area contributed by atoms with Crippen LogP contribution >= 0.6 is 11.8 Å². The molecule has 0 saturated carbocycles. The SMILES string of the molecule is O=C(Nc1ccc(SCc2cccnc2)cc1)[C@@H]1CCCNC1. The van der Waals surface area contributed by atoms with Crippen molar-refractivity contribution in [3.05, 3.63) is 54.4 Å². The van der Waals surface area contributed by atoms with Crippen molar-refractivity contribution in [2.45, 2.75) is 23.5 Å². The molecule has 0 radical (unpaired) electrons. The first-order valence-corrected chi connectivity index (χ1v) is 8.93. The third kappa shape index (κ3) is 4.81. The molecule has 1 atom stereocenters. The van der Waals surface area contributed by atoms with Crippen molar-refractivity contribution in [3.8, 4) is 0 Å². The number of carbonyl (C=O) groups excluding carboxylic acids is 1. The van der Waals surface area contributed by atoms with Crippen molar-refractivity contribution in [2.24, 2.45) is 5.92 Å². The average Bonchev–Trinajstić information content (AvgIpc) is 2.63. The molecule has 5 heteroatoms. The number of nitrogens with one attached hydrogen (secondary N) is 2. The summed E-state index contributed by atoms with van der Waals surface area (Å²) >= 11 is 1.77. The molecule has 0 unspecified atom stereocenters. The third-order valence-corrected chi connectivity index (χ3v) is 5.00. The molecular weight excluding hydrogens is 306 g/mol.